The minimum absolute atomic E-state index is 0.0327. The van der Waals surface area contributed by atoms with E-state index in [0.717, 1.165) is 38.6 Å². The number of allylic oxidation sites excluding steroid dienone is 1. The molecule has 0 amide bonds. The molecule has 0 spiro atoms. The van der Waals surface area contributed by atoms with Crippen LogP contribution in [0, 0.1) is 5.92 Å². The van der Waals surface area contributed by atoms with Gasteiger partial charge >= 0.3 is 0 Å². The summed E-state index contributed by atoms with van der Waals surface area (Å²) in [4.78, 5) is 11.5. The number of nitrogens with zero attached hydrogens (tertiary/aromatic N) is 1. The van der Waals surface area contributed by atoms with Crippen LogP contribution in [0.3, 0.4) is 0 Å². The molecule has 1 aliphatic carbocycles. The first-order valence-corrected chi connectivity index (χ1v) is 10.1. The number of Topliss-reactive ketones (excluding diaryl/α,β-unsaturated/α-hetero) is 1. The summed E-state index contributed by atoms with van der Waals surface area (Å²) in [5.74, 6) is 2.57. The van der Waals surface area contributed by atoms with Crippen LogP contribution in [0.1, 0.15) is 66.2 Å². The first-order chi connectivity index (χ1) is 10.2. The number of carbonyl (C=O) groups is 1. The molecule has 2 fully saturated rings. The Balaban J connectivity index is 2.04. The van der Waals surface area contributed by atoms with E-state index < -0.39 is 7.52 Å². The Kier molecular flexibility index (Phi) is 5.68. The molecule has 0 aromatic rings. The van der Waals surface area contributed by atoms with Gasteiger partial charge < -0.3 is 4.52 Å². The largest absolute Gasteiger partial charge is 0.311 e. The fourth-order valence-corrected chi connectivity index (χ4v) is 5.97. The highest BCUT2D eigenvalue weighted by Crippen LogP contribution is 2.59. The summed E-state index contributed by atoms with van der Waals surface area (Å²) in [6.45, 7) is 9.01. The van der Waals surface area contributed by atoms with Crippen LogP contribution in [0.2, 0.25) is 0 Å². The average Bonchev–Trinajstić information content (AvgIpc) is 2.36. The van der Waals surface area contributed by atoms with E-state index >= 15 is 0 Å². The molecule has 2 aliphatic rings. The SMILES string of the molecule is C[C@H]1CCN(C(C)(C)C)[P@@](=O)(/C=C/CC2CCCC(=O)C2)O1. The molecule has 0 bridgehead atoms. The molecular formula is C17H30NO3P. The Morgan fingerprint density at radius 3 is 2.73 bits per heavy atom. The van der Waals surface area contributed by atoms with Crippen molar-refractivity contribution in [1.29, 1.82) is 0 Å². The van der Waals surface area contributed by atoms with E-state index in [-0.39, 0.29) is 11.6 Å². The molecule has 1 saturated carbocycles. The minimum Gasteiger partial charge on any atom is -0.311 e. The lowest BCUT2D eigenvalue weighted by molar-refractivity contribution is -0.121. The van der Waals surface area contributed by atoms with Crippen LogP contribution in [-0.2, 0) is 13.9 Å². The molecule has 1 heterocycles. The van der Waals surface area contributed by atoms with Crippen molar-refractivity contribution in [3.05, 3.63) is 11.9 Å². The normalized spacial score (nSPS) is 35.2. The molecule has 126 valence electrons. The predicted octanol–water partition coefficient (Wildman–Crippen LogP) is 4.75. The van der Waals surface area contributed by atoms with Crippen molar-refractivity contribution in [2.24, 2.45) is 5.92 Å². The third kappa shape index (κ3) is 4.53. The molecule has 1 aliphatic heterocycles. The summed E-state index contributed by atoms with van der Waals surface area (Å²) in [5.41, 5.74) is -0.180. The van der Waals surface area contributed by atoms with E-state index in [1.165, 1.54) is 0 Å². The van der Waals surface area contributed by atoms with Crippen LogP contribution in [0.15, 0.2) is 11.9 Å². The van der Waals surface area contributed by atoms with Gasteiger partial charge in [0.2, 0.25) is 0 Å². The number of hydrogen-bond acceptors (Lipinski definition) is 3. The second-order valence-corrected chi connectivity index (χ2v) is 9.80. The van der Waals surface area contributed by atoms with E-state index in [1.54, 1.807) is 5.82 Å². The van der Waals surface area contributed by atoms with E-state index in [0.29, 0.717) is 18.1 Å². The second-order valence-electron chi connectivity index (χ2n) is 7.68. The first-order valence-electron chi connectivity index (χ1n) is 8.46. The third-order valence-electron chi connectivity index (χ3n) is 4.54. The predicted molar refractivity (Wildman–Crippen MR) is 90.0 cm³/mol. The first kappa shape index (κ1) is 17.9. The zero-order valence-corrected chi connectivity index (χ0v) is 15.3. The zero-order valence-electron chi connectivity index (χ0n) is 14.4. The summed E-state index contributed by atoms with van der Waals surface area (Å²) < 4.78 is 21.1. The highest BCUT2D eigenvalue weighted by atomic mass is 31.2. The van der Waals surface area contributed by atoms with Crippen LogP contribution in [0.4, 0.5) is 0 Å². The quantitative estimate of drug-likeness (QED) is 0.702. The summed E-state index contributed by atoms with van der Waals surface area (Å²) in [7, 11) is -2.92. The molecular weight excluding hydrogens is 297 g/mol. The standard InChI is InChI=1S/C17H30NO3P/c1-14-10-11-18(17(2,3)4)22(20,21-14)12-6-8-15-7-5-9-16(19)13-15/h6,12,14-15H,5,7-11,13H2,1-4H3/b12-6+/t14-,15?,22+/m0/s1. The molecule has 1 unspecified atom stereocenters. The fraction of sp³-hybridized carbons (Fsp3) is 0.824. The Morgan fingerprint density at radius 2 is 2.09 bits per heavy atom. The monoisotopic (exact) mass is 327 g/mol. The highest BCUT2D eigenvalue weighted by Gasteiger charge is 2.41. The van der Waals surface area contributed by atoms with E-state index in [9.17, 15) is 9.36 Å². The van der Waals surface area contributed by atoms with Crippen LogP contribution < -0.4 is 0 Å². The van der Waals surface area contributed by atoms with Crippen LogP contribution in [0.25, 0.3) is 0 Å². The summed E-state index contributed by atoms with van der Waals surface area (Å²) in [6.07, 6.45) is 7.26. The number of carbonyl (C=O) groups excluding carboxylic acids is 1. The lowest BCUT2D eigenvalue weighted by Crippen LogP contribution is -2.43. The van der Waals surface area contributed by atoms with Gasteiger partial charge in [-0.2, -0.15) is 0 Å². The van der Waals surface area contributed by atoms with E-state index in [2.05, 4.69) is 20.8 Å². The molecule has 5 heteroatoms. The maximum absolute atomic E-state index is 13.3. The van der Waals surface area contributed by atoms with E-state index in [1.807, 2.05) is 17.7 Å². The summed E-state index contributed by atoms with van der Waals surface area (Å²) in [6, 6.07) is 0. The second kappa shape index (κ2) is 6.98. The molecule has 4 nitrogen and oxygen atoms in total. The Morgan fingerprint density at radius 1 is 1.36 bits per heavy atom. The van der Waals surface area contributed by atoms with Gasteiger partial charge in [0, 0.05) is 30.7 Å². The summed E-state index contributed by atoms with van der Waals surface area (Å²) in [5, 5.41) is 0. The van der Waals surface area contributed by atoms with Crippen molar-refractivity contribution in [3.8, 4) is 0 Å². The molecule has 0 radical (unpaired) electrons. The maximum atomic E-state index is 13.3. The molecule has 3 atom stereocenters. The van der Waals surface area contributed by atoms with Crippen molar-refractivity contribution in [3.63, 3.8) is 0 Å². The summed E-state index contributed by atoms with van der Waals surface area (Å²) >= 11 is 0. The van der Waals surface area contributed by atoms with Crippen molar-refractivity contribution >= 4 is 13.3 Å². The molecule has 0 aromatic heterocycles. The van der Waals surface area contributed by atoms with Crippen molar-refractivity contribution in [1.82, 2.24) is 4.67 Å². The maximum Gasteiger partial charge on any atom is 0.295 e. The topological polar surface area (TPSA) is 46.6 Å². The zero-order chi connectivity index (χ0) is 16.4. The Hall–Kier alpha value is -0.440. The average molecular weight is 327 g/mol. The van der Waals surface area contributed by atoms with Gasteiger partial charge in [-0.15, -0.1) is 0 Å². The molecule has 22 heavy (non-hydrogen) atoms. The lowest BCUT2D eigenvalue weighted by Gasteiger charge is -2.44. The van der Waals surface area contributed by atoms with Crippen LogP contribution in [0.5, 0.6) is 0 Å². The smallest absolute Gasteiger partial charge is 0.295 e. The molecule has 2 rings (SSSR count). The Labute approximate surface area is 134 Å². The van der Waals surface area contributed by atoms with Crippen LogP contribution in [-0.4, -0.2) is 28.6 Å². The van der Waals surface area contributed by atoms with Gasteiger partial charge in [-0.1, -0.05) is 6.08 Å². The van der Waals surface area contributed by atoms with Gasteiger partial charge in [-0.25, -0.2) is 4.67 Å². The van der Waals surface area contributed by atoms with Gasteiger partial charge in [0.25, 0.3) is 7.52 Å². The Bertz CT molecular complexity index is 481. The number of ketones is 1. The van der Waals surface area contributed by atoms with Crippen molar-refractivity contribution in [2.75, 3.05) is 6.54 Å². The minimum atomic E-state index is -2.92. The van der Waals surface area contributed by atoms with Gasteiger partial charge in [-0.3, -0.25) is 9.36 Å². The highest BCUT2D eigenvalue weighted by molar-refractivity contribution is 7.59. The van der Waals surface area contributed by atoms with Crippen molar-refractivity contribution in [2.45, 2.75) is 77.9 Å². The fourth-order valence-electron chi connectivity index (χ4n) is 3.38. The van der Waals surface area contributed by atoms with Crippen molar-refractivity contribution < 1.29 is 13.9 Å². The van der Waals surface area contributed by atoms with Gasteiger partial charge in [-0.05, 0) is 59.3 Å². The number of rotatable bonds is 3. The van der Waals surface area contributed by atoms with E-state index in [4.69, 9.17) is 4.52 Å². The molecule has 0 aromatic carbocycles. The molecule has 1 saturated heterocycles. The molecule has 0 N–H and O–H groups in total. The number of hydrogen-bond donors (Lipinski definition) is 0. The van der Waals surface area contributed by atoms with Crippen LogP contribution >= 0.6 is 7.52 Å². The van der Waals surface area contributed by atoms with Gasteiger partial charge in [0.15, 0.2) is 0 Å². The third-order valence-corrected chi connectivity index (χ3v) is 7.26. The van der Waals surface area contributed by atoms with Gasteiger partial charge in [0.05, 0.1) is 6.10 Å². The lowest BCUT2D eigenvalue weighted by atomic mass is 9.86. The van der Waals surface area contributed by atoms with Gasteiger partial charge in [0.1, 0.15) is 5.78 Å².